The van der Waals surface area contributed by atoms with E-state index in [1.807, 2.05) is 32.0 Å². The maximum atomic E-state index is 12.1. The summed E-state index contributed by atoms with van der Waals surface area (Å²) in [6, 6.07) is 11.1. The zero-order valence-corrected chi connectivity index (χ0v) is 16.6. The van der Waals surface area contributed by atoms with Crippen molar-refractivity contribution in [2.75, 3.05) is 31.9 Å². The van der Waals surface area contributed by atoms with E-state index in [0.717, 1.165) is 16.0 Å². The maximum Gasteiger partial charge on any atom is 0.316 e. The molecular weight excluding hydrogens is 366 g/mol. The van der Waals surface area contributed by atoms with E-state index in [-0.39, 0.29) is 12.4 Å². The number of hydrogen-bond acceptors (Lipinski definition) is 6. The predicted octanol–water partition coefficient (Wildman–Crippen LogP) is 3.59. The highest BCUT2D eigenvalue weighted by Gasteiger charge is 2.12. The average molecular weight is 389 g/mol. The van der Waals surface area contributed by atoms with Crippen molar-refractivity contribution in [1.82, 2.24) is 0 Å². The van der Waals surface area contributed by atoms with Gasteiger partial charge in [-0.3, -0.25) is 9.59 Å². The molecule has 0 aliphatic rings. The first-order chi connectivity index (χ1) is 12.9. The van der Waals surface area contributed by atoms with Gasteiger partial charge in [0.15, 0.2) is 6.61 Å². The van der Waals surface area contributed by atoms with Crippen molar-refractivity contribution in [3.05, 3.63) is 47.5 Å². The lowest BCUT2D eigenvalue weighted by Gasteiger charge is -2.12. The van der Waals surface area contributed by atoms with Gasteiger partial charge in [0, 0.05) is 11.0 Å². The van der Waals surface area contributed by atoms with Crippen LogP contribution in [0.1, 0.15) is 11.1 Å². The van der Waals surface area contributed by atoms with Crippen LogP contribution < -0.4 is 14.8 Å². The SMILES string of the molecule is COc1ccc(OC)c(NC(=O)COC(=O)CSc2cc(C)ccc2C)c1. The summed E-state index contributed by atoms with van der Waals surface area (Å²) in [6.45, 7) is 3.62. The highest BCUT2D eigenvalue weighted by Crippen LogP contribution is 2.28. The van der Waals surface area contributed by atoms with E-state index >= 15 is 0 Å². The lowest BCUT2D eigenvalue weighted by Crippen LogP contribution is -2.22. The van der Waals surface area contributed by atoms with E-state index in [1.165, 1.54) is 26.0 Å². The average Bonchev–Trinajstić information content (AvgIpc) is 2.67. The zero-order valence-electron chi connectivity index (χ0n) is 15.8. The molecule has 0 aliphatic heterocycles. The van der Waals surface area contributed by atoms with Crippen molar-refractivity contribution < 1.29 is 23.8 Å². The van der Waals surface area contributed by atoms with Crippen molar-refractivity contribution in [2.24, 2.45) is 0 Å². The van der Waals surface area contributed by atoms with Crippen molar-refractivity contribution >= 4 is 29.3 Å². The number of aryl methyl sites for hydroxylation is 2. The first-order valence-corrected chi connectivity index (χ1v) is 9.29. The first kappa shape index (κ1) is 20.6. The first-order valence-electron chi connectivity index (χ1n) is 8.30. The second-order valence-corrected chi connectivity index (χ2v) is 6.85. The van der Waals surface area contributed by atoms with Gasteiger partial charge in [0.1, 0.15) is 11.5 Å². The number of thioether (sulfide) groups is 1. The molecule has 1 amide bonds. The number of rotatable bonds is 8. The van der Waals surface area contributed by atoms with Crippen molar-refractivity contribution in [3.63, 3.8) is 0 Å². The molecule has 27 heavy (non-hydrogen) atoms. The van der Waals surface area contributed by atoms with Gasteiger partial charge in [-0.2, -0.15) is 0 Å². The van der Waals surface area contributed by atoms with Gasteiger partial charge >= 0.3 is 5.97 Å². The molecule has 0 heterocycles. The number of amides is 1. The van der Waals surface area contributed by atoms with Gasteiger partial charge in [-0.25, -0.2) is 0 Å². The normalized spacial score (nSPS) is 10.2. The van der Waals surface area contributed by atoms with Crippen molar-refractivity contribution in [3.8, 4) is 11.5 Å². The monoisotopic (exact) mass is 389 g/mol. The largest absolute Gasteiger partial charge is 0.497 e. The Kier molecular flexibility index (Phi) is 7.55. The second kappa shape index (κ2) is 9.87. The van der Waals surface area contributed by atoms with E-state index < -0.39 is 11.9 Å². The third-order valence-electron chi connectivity index (χ3n) is 3.73. The van der Waals surface area contributed by atoms with Crippen LogP contribution in [0.25, 0.3) is 0 Å². The van der Waals surface area contributed by atoms with Gasteiger partial charge in [-0.15, -0.1) is 11.8 Å². The predicted molar refractivity (Wildman–Crippen MR) is 106 cm³/mol. The van der Waals surface area contributed by atoms with Crippen LogP contribution in [-0.4, -0.2) is 38.5 Å². The summed E-state index contributed by atoms with van der Waals surface area (Å²) in [7, 11) is 3.03. The molecule has 1 N–H and O–H groups in total. The third-order valence-corrected chi connectivity index (χ3v) is 4.87. The minimum absolute atomic E-state index is 0.139. The number of methoxy groups -OCH3 is 2. The van der Waals surface area contributed by atoms with Crippen molar-refractivity contribution in [2.45, 2.75) is 18.7 Å². The summed E-state index contributed by atoms with van der Waals surface area (Å²) in [5, 5.41) is 2.65. The van der Waals surface area contributed by atoms with Crippen LogP contribution in [-0.2, 0) is 14.3 Å². The molecule has 6 nitrogen and oxygen atoms in total. The fourth-order valence-corrected chi connectivity index (χ4v) is 3.21. The molecule has 2 aromatic carbocycles. The van der Waals surface area contributed by atoms with E-state index in [4.69, 9.17) is 14.2 Å². The summed E-state index contributed by atoms with van der Waals surface area (Å²) >= 11 is 1.39. The van der Waals surface area contributed by atoms with Crippen LogP contribution in [0.5, 0.6) is 11.5 Å². The van der Waals surface area contributed by atoms with Gasteiger partial charge in [-0.05, 0) is 37.6 Å². The van der Waals surface area contributed by atoms with Crippen LogP contribution in [0, 0.1) is 13.8 Å². The lowest BCUT2D eigenvalue weighted by atomic mass is 10.2. The number of benzene rings is 2. The molecule has 0 spiro atoms. The molecule has 144 valence electrons. The minimum Gasteiger partial charge on any atom is -0.497 e. The van der Waals surface area contributed by atoms with E-state index in [1.54, 1.807) is 18.2 Å². The smallest absolute Gasteiger partial charge is 0.316 e. The molecule has 0 aromatic heterocycles. The van der Waals surface area contributed by atoms with E-state index in [2.05, 4.69) is 5.32 Å². The van der Waals surface area contributed by atoms with Crippen molar-refractivity contribution in [1.29, 1.82) is 0 Å². The molecule has 0 saturated carbocycles. The summed E-state index contributed by atoms with van der Waals surface area (Å²) in [5.41, 5.74) is 2.67. The second-order valence-electron chi connectivity index (χ2n) is 5.83. The summed E-state index contributed by atoms with van der Waals surface area (Å²) in [5.74, 6) is 0.300. The maximum absolute atomic E-state index is 12.1. The van der Waals surface area contributed by atoms with Gasteiger partial charge in [0.2, 0.25) is 0 Å². The Morgan fingerprint density at radius 2 is 1.81 bits per heavy atom. The Morgan fingerprint density at radius 3 is 2.52 bits per heavy atom. The van der Waals surface area contributed by atoms with Crippen LogP contribution in [0.15, 0.2) is 41.3 Å². The minimum atomic E-state index is -0.452. The Bertz CT molecular complexity index is 822. The van der Waals surface area contributed by atoms with E-state index in [9.17, 15) is 9.59 Å². The molecule has 2 rings (SSSR count). The zero-order chi connectivity index (χ0) is 19.8. The number of carbonyl (C=O) groups is 2. The van der Waals surface area contributed by atoms with Gasteiger partial charge in [0.25, 0.3) is 5.91 Å². The molecule has 0 aliphatic carbocycles. The van der Waals surface area contributed by atoms with Crippen LogP contribution in [0.4, 0.5) is 5.69 Å². The summed E-state index contributed by atoms with van der Waals surface area (Å²) in [4.78, 5) is 25.0. The fraction of sp³-hybridized carbons (Fsp3) is 0.300. The third kappa shape index (κ3) is 6.21. The Balaban J connectivity index is 1.84. The molecule has 0 saturated heterocycles. The number of esters is 1. The van der Waals surface area contributed by atoms with Crippen LogP contribution in [0.2, 0.25) is 0 Å². The molecule has 0 unspecified atom stereocenters. The number of anilines is 1. The molecule has 2 aromatic rings. The Hall–Kier alpha value is -2.67. The van der Waals surface area contributed by atoms with Gasteiger partial charge in [0.05, 0.1) is 25.7 Å². The highest BCUT2D eigenvalue weighted by molar-refractivity contribution is 8.00. The number of hydrogen-bond donors (Lipinski definition) is 1. The highest BCUT2D eigenvalue weighted by atomic mass is 32.2. The lowest BCUT2D eigenvalue weighted by molar-refractivity contribution is -0.144. The Labute approximate surface area is 163 Å². The molecule has 0 bridgehead atoms. The van der Waals surface area contributed by atoms with E-state index in [0.29, 0.717) is 17.2 Å². The summed E-state index contributed by atoms with van der Waals surface area (Å²) < 4.78 is 15.4. The number of ether oxygens (including phenoxy) is 3. The number of nitrogens with one attached hydrogen (secondary N) is 1. The van der Waals surface area contributed by atoms with Crippen LogP contribution >= 0.6 is 11.8 Å². The topological polar surface area (TPSA) is 73.9 Å². The van der Waals surface area contributed by atoms with Gasteiger partial charge in [-0.1, -0.05) is 17.7 Å². The molecule has 7 heteroatoms. The Morgan fingerprint density at radius 1 is 1.04 bits per heavy atom. The van der Waals surface area contributed by atoms with Crippen LogP contribution in [0.3, 0.4) is 0 Å². The standard InChI is InChI=1S/C20H23NO5S/c1-13-5-6-14(2)18(9-13)27-12-20(23)26-11-19(22)21-16-10-15(24-3)7-8-17(16)25-4/h5-10H,11-12H2,1-4H3,(H,21,22). The fourth-order valence-electron chi connectivity index (χ4n) is 2.29. The van der Waals surface area contributed by atoms with Gasteiger partial charge < -0.3 is 19.5 Å². The molecule has 0 radical (unpaired) electrons. The quantitative estimate of drug-likeness (QED) is 0.549. The number of carbonyl (C=O) groups excluding carboxylic acids is 2. The summed E-state index contributed by atoms with van der Waals surface area (Å²) in [6.07, 6.45) is 0. The molecule has 0 atom stereocenters. The molecular formula is C20H23NO5S. The molecule has 0 fully saturated rings.